The topological polar surface area (TPSA) is 103 Å². The van der Waals surface area contributed by atoms with E-state index in [2.05, 4.69) is 4.98 Å². The molecule has 1 fully saturated rings. The smallest absolute Gasteiger partial charge is 0.280 e. The predicted octanol–water partition coefficient (Wildman–Crippen LogP) is 3.63. The lowest BCUT2D eigenvalue weighted by atomic mass is 9.77. The van der Waals surface area contributed by atoms with E-state index in [1.165, 1.54) is 17.2 Å². The first kappa shape index (κ1) is 21.6. The van der Waals surface area contributed by atoms with Crippen LogP contribution in [0.2, 0.25) is 5.02 Å². The molecule has 0 saturated carbocycles. The van der Waals surface area contributed by atoms with Gasteiger partial charge in [0.2, 0.25) is 0 Å². The second kappa shape index (κ2) is 8.16. The van der Waals surface area contributed by atoms with Gasteiger partial charge >= 0.3 is 0 Å². The van der Waals surface area contributed by atoms with Crippen molar-refractivity contribution in [1.29, 1.82) is 5.41 Å². The fourth-order valence-electron chi connectivity index (χ4n) is 4.42. The van der Waals surface area contributed by atoms with Crippen molar-refractivity contribution in [1.82, 2.24) is 9.88 Å². The normalized spacial score (nSPS) is 17.6. The Kier molecular flexibility index (Phi) is 5.70. The van der Waals surface area contributed by atoms with Gasteiger partial charge in [-0.3, -0.25) is 4.79 Å². The molecule has 6 nitrogen and oxygen atoms in total. The highest BCUT2D eigenvalue weighted by atomic mass is 35.5. The zero-order valence-corrected chi connectivity index (χ0v) is 17.5. The number of pyridine rings is 1. The minimum atomic E-state index is -3.41. The van der Waals surface area contributed by atoms with Crippen molar-refractivity contribution < 1.29 is 18.7 Å². The predicted molar refractivity (Wildman–Crippen MR) is 114 cm³/mol. The number of rotatable bonds is 5. The molecule has 164 valence electrons. The highest BCUT2D eigenvalue weighted by Gasteiger charge is 2.50. The molecule has 0 radical (unpaired) electrons. The van der Waals surface area contributed by atoms with Crippen LogP contribution in [0.3, 0.4) is 0 Å². The van der Waals surface area contributed by atoms with Crippen molar-refractivity contribution in [2.75, 3.05) is 18.8 Å². The number of benzene rings is 1. The van der Waals surface area contributed by atoms with Gasteiger partial charge in [0.1, 0.15) is 11.8 Å². The van der Waals surface area contributed by atoms with Gasteiger partial charge in [0.15, 0.2) is 0 Å². The lowest BCUT2D eigenvalue weighted by molar-refractivity contribution is -0.159. The molecule has 2 aromatic rings. The number of anilines is 1. The molecule has 1 unspecified atom stereocenters. The average Bonchev–Trinajstić information content (AvgIpc) is 2.75. The van der Waals surface area contributed by atoms with Crippen molar-refractivity contribution >= 4 is 29.4 Å². The minimum absolute atomic E-state index is 0.0436. The molecule has 2 aliphatic rings. The maximum Gasteiger partial charge on any atom is 0.280 e. The summed E-state index contributed by atoms with van der Waals surface area (Å²) in [6.45, 7) is 0.286. The first-order chi connectivity index (χ1) is 14.7. The fourth-order valence-corrected chi connectivity index (χ4v) is 4.54. The summed E-state index contributed by atoms with van der Waals surface area (Å²) in [7, 11) is 0. The summed E-state index contributed by atoms with van der Waals surface area (Å²) in [6.07, 6.45) is 1.76. The number of aliphatic hydroxyl groups excluding tert-OH is 1. The second-order valence-corrected chi connectivity index (χ2v) is 8.52. The number of hydrogen-bond acceptors (Lipinski definition) is 5. The van der Waals surface area contributed by atoms with Crippen molar-refractivity contribution in [2.45, 2.75) is 37.7 Å². The van der Waals surface area contributed by atoms with Crippen LogP contribution >= 0.6 is 11.6 Å². The summed E-state index contributed by atoms with van der Waals surface area (Å²) in [6, 6.07) is 4.79. The van der Waals surface area contributed by atoms with E-state index < -0.39 is 17.9 Å². The number of aliphatic hydroxyl groups is 1. The molecule has 1 aliphatic heterocycles. The van der Waals surface area contributed by atoms with E-state index >= 15 is 8.78 Å². The molecule has 0 bridgehead atoms. The Hall–Kier alpha value is -2.58. The molecular formula is C22H23ClF2N4O2. The molecule has 1 saturated heterocycles. The van der Waals surface area contributed by atoms with Crippen LogP contribution in [0.15, 0.2) is 24.4 Å². The van der Waals surface area contributed by atoms with Crippen LogP contribution in [0.4, 0.5) is 14.5 Å². The van der Waals surface area contributed by atoms with E-state index in [0.717, 1.165) is 18.2 Å². The molecular weight excluding hydrogens is 426 g/mol. The van der Waals surface area contributed by atoms with Gasteiger partial charge in [0.05, 0.1) is 5.02 Å². The van der Waals surface area contributed by atoms with Crippen LogP contribution in [-0.2, 0) is 12.8 Å². The van der Waals surface area contributed by atoms with Crippen LogP contribution < -0.4 is 5.73 Å². The van der Waals surface area contributed by atoms with Gasteiger partial charge < -0.3 is 21.1 Å². The van der Waals surface area contributed by atoms with Crippen molar-refractivity contribution in [3.8, 4) is 0 Å². The van der Waals surface area contributed by atoms with Crippen molar-refractivity contribution in [2.24, 2.45) is 5.92 Å². The van der Waals surface area contributed by atoms with Crippen LogP contribution in [-0.4, -0.2) is 46.1 Å². The Morgan fingerprint density at radius 1 is 1.35 bits per heavy atom. The average molecular weight is 449 g/mol. The van der Waals surface area contributed by atoms with Crippen LogP contribution in [0.1, 0.15) is 51.7 Å². The monoisotopic (exact) mass is 448 g/mol. The third-order valence-corrected chi connectivity index (χ3v) is 6.58. The number of carbonyl (C=O) groups is 1. The van der Waals surface area contributed by atoms with E-state index in [1.54, 1.807) is 12.1 Å². The quantitative estimate of drug-likeness (QED) is 0.480. The number of piperidine rings is 1. The summed E-state index contributed by atoms with van der Waals surface area (Å²) in [5.74, 6) is -4.84. The number of nitrogen functional groups attached to an aromatic ring is 1. The number of fused-ring (bicyclic) bond motifs is 1. The maximum atomic E-state index is 15.3. The van der Waals surface area contributed by atoms with E-state index in [4.69, 9.17) is 22.7 Å². The number of aromatic nitrogens is 1. The molecule has 4 rings (SSSR count). The number of amides is 1. The van der Waals surface area contributed by atoms with Gasteiger partial charge in [-0.2, -0.15) is 0 Å². The zero-order valence-electron chi connectivity index (χ0n) is 16.7. The maximum absolute atomic E-state index is 15.3. The number of nitrogens with one attached hydrogen (secondary N) is 1. The first-order valence-corrected chi connectivity index (χ1v) is 10.5. The summed E-state index contributed by atoms with van der Waals surface area (Å²) >= 11 is 5.79. The molecule has 1 aliphatic carbocycles. The molecule has 1 atom stereocenters. The molecule has 2 heterocycles. The summed E-state index contributed by atoms with van der Waals surface area (Å²) in [5, 5.41) is 18.6. The zero-order chi connectivity index (χ0) is 22.3. The Balaban J connectivity index is 1.49. The summed E-state index contributed by atoms with van der Waals surface area (Å²) in [4.78, 5) is 18.1. The summed E-state index contributed by atoms with van der Waals surface area (Å²) in [5.41, 5.74) is 8.22. The van der Waals surface area contributed by atoms with Crippen LogP contribution in [0.5, 0.6) is 0 Å². The van der Waals surface area contributed by atoms with Gasteiger partial charge in [0.25, 0.3) is 11.8 Å². The Morgan fingerprint density at radius 3 is 2.61 bits per heavy atom. The summed E-state index contributed by atoms with van der Waals surface area (Å²) < 4.78 is 30.7. The van der Waals surface area contributed by atoms with Gasteiger partial charge in [0, 0.05) is 48.2 Å². The largest absolute Gasteiger partial charge is 0.398 e. The second-order valence-electron chi connectivity index (χ2n) is 8.08. The highest BCUT2D eigenvalue weighted by Crippen LogP contribution is 2.47. The third-order valence-electron chi connectivity index (χ3n) is 6.35. The standard InChI is InChI=1S/C22H23ClF2N4O2/c23-15-2-4-17(28-11-15)21(31)29-7-5-14(6-8-29)22(24,25)20(30)18-16-3-1-12(16)9-13(10-26)19(18)27/h2,4,9-11,14,20,26,30H,1,3,5-8,27H2. The number of alkyl halides is 2. The Morgan fingerprint density at radius 2 is 2.06 bits per heavy atom. The van der Waals surface area contributed by atoms with Crippen LogP contribution in [0.25, 0.3) is 0 Å². The molecule has 0 spiro atoms. The molecule has 31 heavy (non-hydrogen) atoms. The highest BCUT2D eigenvalue weighted by molar-refractivity contribution is 6.30. The van der Waals surface area contributed by atoms with Gasteiger partial charge in [-0.05, 0) is 55.0 Å². The van der Waals surface area contributed by atoms with Gasteiger partial charge in [-0.1, -0.05) is 11.6 Å². The molecule has 1 amide bonds. The molecule has 4 N–H and O–H groups in total. The van der Waals surface area contributed by atoms with Gasteiger partial charge in [-0.25, -0.2) is 13.8 Å². The SMILES string of the molecule is N=Cc1cc2c(c(C(O)C(F)(F)C3CCN(C(=O)c4ccc(Cl)cn4)CC3)c1N)CC2. The van der Waals surface area contributed by atoms with E-state index in [0.29, 0.717) is 22.6 Å². The fraction of sp³-hybridized carbons (Fsp3) is 0.409. The van der Waals surface area contributed by atoms with Crippen molar-refractivity contribution in [3.05, 3.63) is 57.4 Å². The molecule has 1 aromatic carbocycles. The Labute approximate surface area is 183 Å². The minimum Gasteiger partial charge on any atom is -0.398 e. The number of nitrogens with zero attached hydrogens (tertiary/aromatic N) is 2. The third kappa shape index (κ3) is 3.78. The first-order valence-electron chi connectivity index (χ1n) is 10.1. The van der Waals surface area contributed by atoms with E-state index in [9.17, 15) is 9.90 Å². The number of likely N-dealkylation sites (tertiary alicyclic amines) is 1. The number of aryl methyl sites for hydroxylation is 1. The van der Waals surface area contributed by atoms with Crippen LogP contribution in [0, 0.1) is 11.3 Å². The van der Waals surface area contributed by atoms with Gasteiger partial charge in [-0.15, -0.1) is 0 Å². The van der Waals surface area contributed by atoms with E-state index in [-0.39, 0.29) is 48.8 Å². The van der Waals surface area contributed by atoms with E-state index in [1.807, 2.05) is 0 Å². The Bertz CT molecular complexity index is 1020. The molecule has 1 aromatic heterocycles. The molecule has 9 heteroatoms. The number of halogens is 3. The lowest BCUT2D eigenvalue weighted by Gasteiger charge is -2.39. The lowest BCUT2D eigenvalue weighted by Crippen LogP contribution is -2.46. The number of carbonyl (C=O) groups excluding carboxylic acids is 1. The number of hydrogen-bond donors (Lipinski definition) is 3. The number of nitrogens with two attached hydrogens (primary N) is 1. The van der Waals surface area contributed by atoms with Crippen molar-refractivity contribution in [3.63, 3.8) is 0 Å².